The number of Topliss-reactive ketones (excluding diaryl/α,β-unsaturated/α-hetero) is 1. The molecule has 0 unspecified atom stereocenters. The third-order valence-corrected chi connectivity index (χ3v) is 2.95. The van der Waals surface area contributed by atoms with Crippen molar-refractivity contribution in [2.75, 3.05) is 0 Å². The highest BCUT2D eigenvalue weighted by Crippen LogP contribution is 2.26. The molecule has 3 nitrogen and oxygen atoms in total. The summed E-state index contributed by atoms with van der Waals surface area (Å²) in [6.45, 7) is 0.738. The van der Waals surface area contributed by atoms with Gasteiger partial charge in [0.2, 0.25) is 0 Å². The third kappa shape index (κ3) is 1.56. The minimum absolute atomic E-state index is 0.0432. The Morgan fingerprint density at radius 1 is 1.24 bits per heavy atom. The number of ketones is 1. The number of rotatable bonds is 2. The van der Waals surface area contributed by atoms with Crippen LogP contribution in [-0.2, 0) is 6.54 Å². The Hall–Kier alpha value is -2.29. The monoisotopic (exact) mass is 225 g/mol. The molecule has 1 aromatic carbocycles. The molecule has 2 heterocycles. The fraction of sp³-hybridized carbons (Fsp3) is 0.0714. The topological polar surface area (TPSA) is 42.2 Å². The lowest BCUT2D eigenvalue weighted by atomic mass is 10.0. The van der Waals surface area contributed by atoms with Gasteiger partial charge in [0.05, 0.1) is 5.69 Å². The number of phenols is 1. The van der Waals surface area contributed by atoms with Crippen LogP contribution in [0.3, 0.4) is 0 Å². The molecule has 1 aliphatic rings. The highest BCUT2D eigenvalue weighted by molar-refractivity contribution is 6.29. The molecular weight excluding hydrogens is 214 g/mol. The highest BCUT2D eigenvalue weighted by atomic mass is 16.3. The number of benzene rings is 1. The summed E-state index contributed by atoms with van der Waals surface area (Å²) in [5, 5.41) is 9.38. The maximum Gasteiger partial charge on any atom is 0.195 e. The van der Waals surface area contributed by atoms with Gasteiger partial charge in [-0.25, -0.2) is 0 Å². The van der Waals surface area contributed by atoms with E-state index in [1.807, 2.05) is 29.0 Å². The summed E-state index contributed by atoms with van der Waals surface area (Å²) >= 11 is 0. The third-order valence-electron chi connectivity index (χ3n) is 2.95. The summed E-state index contributed by atoms with van der Waals surface area (Å²) < 4.78 is 2.02. The molecule has 17 heavy (non-hydrogen) atoms. The maximum absolute atomic E-state index is 12.3. The average molecular weight is 225 g/mol. The summed E-state index contributed by atoms with van der Waals surface area (Å²) in [6.07, 6.45) is 3.87. The molecule has 1 N–H and O–H groups in total. The predicted molar refractivity (Wildman–Crippen MR) is 64.8 cm³/mol. The fourth-order valence-corrected chi connectivity index (χ4v) is 2.12. The van der Waals surface area contributed by atoms with Crippen LogP contribution >= 0.6 is 0 Å². The lowest BCUT2D eigenvalue weighted by Crippen LogP contribution is -2.01. The number of phenolic OH excluding ortho intramolecular Hbond substituents is 1. The second kappa shape index (κ2) is 3.63. The summed E-state index contributed by atoms with van der Waals surface area (Å²) in [5.41, 5.74) is 2.17. The van der Waals surface area contributed by atoms with E-state index in [-0.39, 0.29) is 11.5 Å². The Morgan fingerprint density at radius 3 is 2.94 bits per heavy atom. The second-order valence-corrected chi connectivity index (χ2v) is 4.04. The van der Waals surface area contributed by atoms with Gasteiger partial charge in [0.15, 0.2) is 5.78 Å². The van der Waals surface area contributed by atoms with E-state index in [0.717, 1.165) is 12.2 Å². The number of hydrogen-bond donors (Lipinski definition) is 1. The lowest BCUT2D eigenvalue weighted by Gasteiger charge is -2.03. The van der Waals surface area contributed by atoms with E-state index < -0.39 is 0 Å². The number of aromatic hydroxyl groups is 1. The van der Waals surface area contributed by atoms with Crippen molar-refractivity contribution in [3.8, 4) is 5.75 Å². The Labute approximate surface area is 98.6 Å². The molecule has 3 heteroatoms. The van der Waals surface area contributed by atoms with E-state index in [4.69, 9.17) is 0 Å². The number of carbonyl (C=O) groups is 1. The number of hydrogen-bond acceptors (Lipinski definition) is 2. The van der Waals surface area contributed by atoms with Crippen molar-refractivity contribution < 1.29 is 9.90 Å². The molecular formula is C14H11NO2. The number of carbonyl (C=O) groups excluding carboxylic acids is 1. The Morgan fingerprint density at radius 2 is 2.12 bits per heavy atom. The first-order valence-corrected chi connectivity index (χ1v) is 5.45. The van der Waals surface area contributed by atoms with Crippen LogP contribution in [0.1, 0.15) is 16.1 Å². The van der Waals surface area contributed by atoms with Crippen LogP contribution in [0.15, 0.2) is 48.7 Å². The molecule has 1 aliphatic heterocycles. The lowest BCUT2D eigenvalue weighted by molar-refractivity contribution is 0.105. The van der Waals surface area contributed by atoms with Gasteiger partial charge in [0.25, 0.3) is 0 Å². The molecule has 0 amide bonds. The van der Waals surface area contributed by atoms with Crippen LogP contribution in [0.4, 0.5) is 0 Å². The molecule has 0 atom stereocenters. The van der Waals surface area contributed by atoms with E-state index in [2.05, 4.69) is 0 Å². The molecule has 1 aromatic heterocycles. The summed E-state index contributed by atoms with van der Waals surface area (Å²) in [5.74, 6) is 0.0724. The van der Waals surface area contributed by atoms with Gasteiger partial charge in [-0.3, -0.25) is 4.79 Å². The fourth-order valence-electron chi connectivity index (χ4n) is 2.12. The van der Waals surface area contributed by atoms with Crippen molar-refractivity contribution in [2.24, 2.45) is 0 Å². The van der Waals surface area contributed by atoms with Gasteiger partial charge in [0.1, 0.15) is 5.75 Å². The van der Waals surface area contributed by atoms with Crippen molar-refractivity contribution in [1.29, 1.82) is 0 Å². The SMILES string of the molecule is O=C(C1=CCn2cccc21)c1cccc(O)c1. The van der Waals surface area contributed by atoms with Gasteiger partial charge in [-0.05, 0) is 24.3 Å². The zero-order chi connectivity index (χ0) is 11.8. The quantitative estimate of drug-likeness (QED) is 0.798. The van der Waals surface area contributed by atoms with E-state index in [9.17, 15) is 9.90 Å². The first kappa shape index (κ1) is 9.90. The minimum Gasteiger partial charge on any atom is -0.508 e. The van der Waals surface area contributed by atoms with Crippen LogP contribution in [0.2, 0.25) is 0 Å². The van der Waals surface area contributed by atoms with E-state index in [1.54, 1.807) is 18.2 Å². The molecule has 0 bridgehead atoms. The first-order valence-electron chi connectivity index (χ1n) is 5.45. The number of nitrogens with zero attached hydrogens (tertiary/aromatic N) is 1. The Balaban J connectivity index is 2.00. The number of fused-ring (bicyclic) bond motifs is 1. The van der Waals surface area contributed by atoms with Crippen molar-refractivity contribution in [1.82, 2.24) is 4.57 Å². The van der Waals surface area contributed by atoms with Crippen molar-refractivity contribution in [2.45, 2.75) is 6.54 Å². The van der Waals surface area contributed by atoms with Gasteiger partial charge < -0.3 is 9.67 Å². The molecule has 84 valence electrons. The number of allylic oxidation sites excluding steroid dienone is 2. The van der Waals surface area contributed by atoms with E-state index in [0.29, 0.717) is 11.1 Å². The molecule has 0 spiro atoms. The molecule has 0 radical (unpaired) electrons. The second-order valence-electron chi connectivity index (χ2n) is 4.04. The van der Waals surface area contributed by atoms with Crippen molar-refractivity contribution >= 4 is 11.4 Å². The van der Waals surface area contributed by atoms with Crippen LogP contribution in [0.25, 0.3) is 5.57 Å². The van der Waals surface area contributed by atoms with Crippen molar-refractivity contribution in [3.63, 3.8) is 0 Å². The van der Waals surface area contributed by atoms with Crippen molar-refractivity contribution in [3.05, 3.63) is 59.9 Å². The highest BCUT2D eigenvalue weighted by Gasteiger charge is 2.20. The summed E-state index contributed by atoms with van der Waals surface area (Å²) in [4.78, 5) is 12.3. The minimum atomic E-state index is -0.0432. The van der Waals surface area contributed by atoms with E-state index in [1.165, 1.54) is 6.07 Å². The molecule has 0 aliphatic carbocycles. The molecule has 0 saturated carbocycles. The van der Waals surface area contributed by atoms with Gasteiger partial charge in [0, 0.05) is 23.9 Å². The normalized spacial score (nSPS) is 13.3. The van der Waals surface area contributed by atoms with Gasteiger partial charge >= 0.3 is 0 Å². The van der Waals surface area contributed by atoms with Crippen LogP contribution < -0.4 is 0 Å². The summed E-state index contributed by atoms with van der Waals surface area (Å²) in [6, 6.07) is 10.3. The Kier molecular flexibility index (Phi) is 2.11. The maximum atomic E-state index is 12.3. The van der Waals surface area contributed by atoms with Gasteiger partial charge in [-0.1, -0.05) is 18.2 Å². The van der Waals surface area contributed by atoms with Crippen LogP contribution in [-0.4, -0.2) is 15.5 Å². The summed E-state index contributed by atoms with van der Waals surface area (Å²) in [7, 11) is 0. The zero-order valence-electron chi connectivity index (χ0n) is 9.13. The molecule has 2 aromatic rings. The number of aromatic nitrogens is 1. The molecule has 3 rings (SSSR count). The average Bonchev–Trinajstić information content (AvgIpc) is 2.89. The zero-order valence-corrected chi connectivity index (χ0v) is 9.13. The first-order chi connectivity index (χ1) is 8.25. The largest absolute Gasteiger partial charge is 0.508 e. The Bertz CT molecular complexity index is 623. The standard InChI is InChI=1S/C14H11NO2/c16-11-4-1-3-10(9-11)14(17)12-6-8-15-7-2-5-13(12)15/h1-7,9,16H,8H2. The predicted octanol–water partition coefficient (Wildman–Crippen LogP) is 2.47. The van der Waals surface area contributed by atoms with Crippen LogP contribution in [0.5, 0.6) is 5.75 Å². The van der Waals surface area contributed by atoms with Crippen LogP contribution in [0, 0.1) is 0 Å². The van der Waals surface area contributed by atoms with E-state index >= 15 is 0 Å². The van der Waals surface area contributed by atoms with Gasteiger partial charge in [-0.2, -0.15) is 0 Å². The molecule has 0 saturated heterocycles. The smallest absolute Gasteiger partial charge is 0.195 e. The molecule has 0 fully saturated rings. The van der Waals surface area contributed by atoms with Gasteiger partial charge in [-0.15, -0.1) is 0 Å².